The molecule has 0 bridgehead atoms. The molecule has 138 valence electrons. The molecule has 0 spiro atoms. The van der Waals surface area contributed by atoms with Gasteiger partial charge in [-0.3, -0.25) is 9.59 Å². The second kappa shape index (κ2) is 8.51. The first-order chi connectivity index (χ1) is 12.5. The van der Waals surface area contributed by atoms with Crippen LogP contribution in [0.3, 0.4) is 0 Å². The van der Waals surface area contributed by atoms with Gasteiger partial charge in [-0.1, -0.05) is 30.3 Å². The molecule has 0 aliphatic carbocycles. The lowest BCUT2D eigenvalue weighted by molar-refractivity contribution is -0.131. The Kier molecular flexibility index (Phi) is 6.11. The number of aliphatic hydroxyl groups excluding tert-OH is 1. The van der Waals surface area contributed by atoms with Crippen molar-refractivity contribution in [1.29, 1.82) is 0 Å². The summed E-state index contributed by atoms with van der Waals surface area (Å²) in [6.45, 7) is 0.558. The fourth-order valence-electron chi connectivity index (χ4n) is 3.26. The highest BCUT2D eigenvalue weighted by Crippen LogP contribution is 2.27. The smallest absolute Gasteiger partial charge is 0.287 e. The van der Waals surface area contributed by atoms with Gasteiger partial charge in [0.1, 0.15) is 0 Å². The molecule has 1 aliphatic heterocycles. The number of benzene rings is 1. The van der Waals surface area contributed by atoms with E-state index in [0.717, 1.165) is 18.4 Å². The molecule has 26 heavy (non-hydrogen) atoms. The van der Waals surface area contributed by atoms with E-state index in [0.29, 0.717) is 17.6 Å². The molecule has 0 unspecified atom stereocenters. The van der Waals surface area contributed by atoms with Crippen LogP contribution in [0.5, 0.6) is 0 Å². The molecule has 2 amide bonds. The number of nitrogens with one attached hydrogen (secondary N) is 1. The number of carbonyl (C=O) groups is 2. The number of hydrogen-bond donors (Lipinski definition) is 2. The summed E-state index contributed by atoms with van der Waals surface area (Å²) in [5.74, 6) is -0.419. The van der Waals surface area contributed by atoms with Gasteiger partial charge in [-0.2, -0.15) is 0 Å². The molecule has 1 saturated heterocycles. The normalized spacial score (nSPS) is 17.9. The topological polar surface area (TPSA) is 82.8 Å². The van der Waals surface area contributed by atoms with Gasteiger partial charge < -0.3 is 19.7 Å². The van der Waals surface area contributed by atoms with Gasteiger partial charge in [0.2, 0.25) is 5.91 Å². The van der Waals surface area contributed by atoms with E-state index in [9.17, 15) is 14.7 Å². The minimum atomic E-state index is -0.607. The predicted molar refractivity (Wildman–Crippen MR) is 99.5 cm³/mol. The van der Waals surface area contributed by atoms with Crippen LogP contribution in [0, 0.1) is 0 Å². The van der Waals surface area contributed by atoms with Gasteiger partial charge in [0.15, 0.2) is 10.4 Å². The number of hydrogen-bond acceptors (Lipinski definition) is 4. The number of nitrogens with zero attached hydrogens (tertiary/aromatic N) is 1. The lowest BCUT2D eigenvalue weighted by Gasteiger charge is -2.27. The molecule has 7 heteroatoms. The second-order valence-corrected chi connectivity index (χ2v) is 7.11. The number of carbonyl (C=O) groups excluding carboxylic acids is 2. The van der Waals surface area contributed by atoms with Crippen molar-refractivity contribution >= 4 is 27.7 Å². The van der Waals surface area contributed by atoms with E-state index in [1.165, 1.54) is 0 Å². The van der Waals surface area contributed by atoms with Gasteiger partial charge in [-0.05, 0) is 52.9 Å². The number of halogens is 1. The van der Waals surface area contributed by atoms with Gasteiger partial charge in [0, 0.05) is 12.6 Å². The summed E-state index contributed by atoms with van der Waals surface area (Å²) in [6.07, 6.45) is 1.64. The summed E-state index contributed by atoms with van der Waals surface area (Å²) in [6, 6.07) is 12.6. The zero-order valence-electron chi connectivity index (χ0n) is 14.2. The van der Waals surface area contributed by atoms with E-state index in [2.05, 4.69) is 21.2 Å². The van der Waals surface area contributed by atoms with Crippen molar-refractivity contribution in [2.75, 3.05) is 13.1 Å². The minimum absolute atomic E-state index is 0.0210. The Morgan fingerprint density at radius 2 is 2.04 bits per heavy atom. The molecular weight excluding hydrogens is 400 g/mol. The summed E-state index contributed by atoms with van der Waals surface area (Å²) < 4.78 is 5.63. The Bertz CT molecular complexity index is 762. The number of furan rings is 1. The van der Waals surface area contributed by atoms with E-state index in [1.807, 2.05) is 30.3 Å². The third-order valence-corrected chi connectivity index (χ3v) is 5.00. The van der Waals surface area contributed by atoms with E-state index >= 15 is 0 Å². The molecular formula is C19H21BrN2O4. The van der Waals surface area contributed by atoms with Crippen molar-refractivity contribution in [1.82, 2.24) is 10.2 Å². The van der Waals surface area contributed by atoms with E-state index in [4.69, 9.17) is 4.42 Å². The Morgan fingerprint density at radius 3 is 2.73 bits per heavy atom. The zero-order valence-corrected chi connectivity index (χ0v) is 15.8. The maximum Gasteiger partial charge on any atom is 0.287 e. The molecule has 0 radical (unpaired) electrons. The number of likely N-dealkylation sites (tertiary alicyclic amines) is 1. The summed E-state index contributed by atoms with van der Waals surface area (Å²) in [7, 11) is 0. The Balaban J connectivity index is 1.54. The lowest BCUT2D eigenvalue weighted by Crippen LogP contribution is -2.43. The average Bonchev–Trinajstić information content (AvgIpc) is 3.29. The molecule has 0 saturated carbocycles. The first-order valence-corrected chi connectivity index (χ1v) is 9.40. The fourth-order valence-corrected chi connectivity index (χ4v) is 3.57. The third kappa shape index (κ3) is 4.53. The monoisotopic (exact) mass is 420 g/mol. The van der Waals surface area contributed by atoms with Crippen LogP contribution in [-0.2, 0) is 4.79 Å². The molecule has 3 rings (SSSR count). The van der Waals surface area contributed by atoms with Gasteiger partial charge in [-0.15, -0.1) is 0 Å². The van der Waals surface area contributed by atoms with Crippen LogP contribution in [0.2, 0.25) is 0 Å². The standard InChI is InChI=1S/C19H21BrN2O4/c20-17-9-8-16(26-17)19(25)21-12-18(24)22-10-4-7-14(22)11-15(23)13-5-2-1-3-6-13/h1-3,5-6,8-9,14-15,23H,4,7,10-12H2,(H,21,25)/t14-,15+/m1/s1. The molecule has 1 fully saturated rings. The van der Waals surface area contributed by atoms with Crippen molar-refractivity contribution in [2.24, 2.45) is 0 Å². The quantitative estimate of drug-likeness (QED) is 0.752. The van der Waals surface area contributed by atoms with E-state index in [-0.39, 0.29) is 24.3 Å². The maximum absolute atomic E-state index is 12.5. The molecule has 1 aromatic carbocycles. The highest BCUT2D eigenvalue weighted by atomic mass is 79.9. The summed E-state index contributed by atoms with van der Waals surface area (Å²) in [4.78, 5) is 26.2. The van der Waals surface area contributed by atoms with Crippen molar-refractivity contribution < 1.29 is 19.1 Å². The predicted octanol–water partition coefficient (Wildman–Crippen LogP) is 2.89. The first kappa shape index (κ1) is 18.7. The van der Waals surface area contributed by atoms with Gasteiger partial charge in [-0.25, -0.2) is 0 Å². The van der Waals surface area contributed by atoms with E-state index in [1.54, 1.807) is 17.0 Å². The van der Waals surface area contributed by atoms with Crippen LogP contribution >= 0.6 is 15.9 Å². The first-order valence-electron chi connectivity index (χ1n) is 8.60. The number of aliphatic hydroxyl groups is 1. The van der Waals surface area contributed by atoms with Crippen molar-refractivity contribution in [3.63, 3.8) is 0 Å². The van der Waals surface area contributed by atoms with Crippen molar-refractivity contribution in [3.8, 4) is 0 Å². The van der Waals surface area contributed by atoms with Crippen LogP contribution in [0.15, 0.2) is 51.6 Å². The number of rotatable bonds is 6. The summed E-state index contributed by atoms with van der Waals surface area (Å²) in [5.41, 5.74) is 0.850. The van der Waals surface area contributed by atoms with Crippen LogP contribution in [0.1, 0.15) is 41.5 Å². The Hall–Kier alpha value is -2.12. The van der Waals surface area contributed by atoms with Gasteiger partial charge >= 0.3 is 0 Å². The highest BCUT2D eigenvalue weighted by molar-refractivity contribution is 9.10. The van der Waals surface area contributed by atoms with Crippen LogP contribution in [0.25, 0.3) is 0 Å². The highest BCUT2D eigenvalue weighted by Gasteiger charge is 2.30. The molecule has 2 N–H and O–H groups in total. The Labute approximate surface area is 160 Å². The fraction of sp³-hybridized carbons (Fsp3) is 0.368. The molecule has 2 heterocycles. The SMILES string of the molecule is O=C(NCC(=O)N1CCC[C@@H]1C[C@H](O)c1ccccc1)c1ccc(Br)o1. The van der Waals surface area contributed by atoms with Gasteiger partial charge in [0.05, 0.1) is 12.6 Å². The molecule has 6 nitrogen and oxygen atoms in total. The summed E-state index contributed by atoms with van der Waals surface area (Å²) >= 11 is 3.14. The van der Waals surface area contributed by atoms with Crippen molar-refractivity contribution in [2.45, 2.75) is 31.4 Å². The molecule has 1 aromatic heterocycles. The third-order valence-electron chi connectivity index (χ3n) is 4.57. The van der Waals surface area contributed by atoms with Gasteiger partial charge in [0.25, 0.3) is 5.91 Å². The van der Waals surface area contributed by atoms with E-state index < -0.39 is 12.0 Å². The average molecular weight is 421 g/mol. The lowest BCUT2D eigenvalue weighted by atomic mass is 10.0. The molecule has 1 aliphatic rings. The molecule has 2 atom stereocenters. The zero-order chi connectivity index (χ0) is 18.5. The largest absolute Gasteiger partial charge is 0.444 e. The molecule has 2 aromatic rings. The minimum Gasteiger partial charge on any atom is -0.444 e. The second-order valence-electron chi connectivity index (χ2n) is 6.33. The summed E-state index contributed by atoms with van der Waals surface area (Å²) in [5, 5.41) is 13.0. The van der Waals surface area contributed by atoms with Crippen LogP contribution < -0.4 is 5.32 Å². The van der Waals surface area contributed by atoms with Crippen LogP contribution in [-0.4, -0.2) is 41.0 Å². The van der Waals surface area contributed by atoms with Crippen molar-refractivity contribution in [3.05, 3.63) is 58.5 Å². The Morgan fingerprint density at radius 1 is 1.27 bits per heavy atom. The maximum atomic E-state index is 12.5. The number of amides is 2. The van der Waals surface area contributed by atoms with Crippen LogP contribution in [0.4, 0.5) is 0 Å².